The summed E-state index contributed by atoms with van der Waals surface area (Å²) in [6, 6.07) is 6.52. The molecule has 0 bridgehead atoms. The maximum absolute atomic E-state index is 14.0. The van der Waals surface area contributed by atoms with Gasteiger partial charge in [-0.05, 0) is 30.5 Å². The van der Waals surface area contributed by atoms with Crippen molar-refractivity contribution in [3.8, 4) is 6.07 Å². The normalized spacial score (nSPS) is 12.6. The van der Waals surface area contributed by atoms with Crippen molar-refractivity contribution in [2.75, 3.05) is 7.11 Å². The van der Waals surface area contributed by atoms with Gasteiger partial charge in [0.1, 0.15) is 24.8 Å². The molecule has 0 amide bonds. The van der Waals surface area contributed by atoms with E-state index in [9.17, 15) is 14.4 Å². The molecule has 1 unspecified atom stereocenters. The van der Waals surface area contributed by atoms with Crippen LogP contribution in [0.1, 0.15) is 31.7 Å². The molecule has 0 aliphatic rings. The van der Waals surface area contributed by atoms with Gasteiger partial charge in [-0.1, -0.05) is 40.5 Å². The number of nitrogens with zero attached hydrogens (tertiary/aromatic N) is 2. The molecular weight excluding hydrogens is 351 g/mol. The highest BCUT2D eigenvalue weighted by atomic mass is 79.9. The van der Waals surface area contributed by atoms with Gasteiger partial charge < -0.3 is 4.84 Å². The second-order valence-electron chi connectivity index (χ2n) is 4.83. The van der Waals surface area contributed by atoms with Crippen molar-refractivity contribution in [2.45, 2.75) is 32.6 Å². The van der Waals surface area contributed by atoms with Gasteiger partial charge in [-0.25, -0.2) is 4.39 Å². The molecule has 1 atom stereocenters. The third-order valence-electron chi connectivity index (χ3n) is 3.24. The zero-order valence-corrected chi connectivity index (χ0v) is 14.2. The van der Waals surface area contributed by atoms with E-state index >= 15 is 0 Å². The Bertz CT molecular complexity index is 596. The van der Waals surface area contributed by atoms with Crippen LogP contribution in [0.15, 0.2) is 27.8 Å². The average molecular weight is 369 g/mol. The van der Waals surface area contributed by atoms with Gasteiger partial charge >= 0.3 is 0 Å². The molecule has 0 aromatic heterocycles. The molecule has 0 saturated heterocycles. The minimum absolute atomic E-state index is 0.0223. The lowest BCUT2D eigenvalue weighted by Gasteiger charge is -2.14. The number of hydrogen-bond acceptors (Lipinski definition) is 4. The molecule has 6 heteroatoms. The van der Waals surface area contributed by atoms with Crippen LogP contribution in [0.5, 0.6) is 0 Å². The summed E-state index contributed by atoms with van der Waals surface area (Å²) in [5.74, 6) is -1.33. The van der Waals surface area contributed by atoms with Crippen molar-refractivity contribution in [1.82, 2.24) is 0 Å². The van der Waals surface area contributed by atoms with E-state index in [1.165, 1.54) is 13.2 Å². The average Bonchev–Trinajstić information content (AvgIpc) is 2.50. The van der Waals surface area contributed by atoms with E-state index in [1.54, 1.807) is 12.1 Å². The quantitative estimate of drug-likeness (QED) is 0.513. The van der Waals surface area contributed by atoms with E-state index in [0.29, 0.717) is 16.5 Å². The Morgan fingerprint density at radius 2 is 2.27 bits per heavy atom. The molecule has 0 radical (unpaired) electrons. The number of hydrogen-bond donors (Lipinski definition) is 0. The highest BCUT2D eigenvalue weighted by Gasteiger charge is 2.26. The van der Waals surface area contributed by atoms with E-state index in [2.05, 4.69) is 25.9 Å². The van der Waals surface area contributed by atoms with E-state index in [4.69, 9.17) is 0 Å². The Hall–Kier alpha value is -1.74. The fourth-order valence-corrected chi connectivity index (χ4v) is 2.39. The van der Waals surface area contributed by atoms with Gasteiger partial charge in [0.15, 0.2) is 5.71 Å². The van der Waals surface area contributed by atoms with Gasteiger partial charge in [-0.15, -0.1) is 0 Å². The van der Waals surface area contributed by atoms with Gasteiger partial charge in [0.05, 0.1) is 5.92 Å². The lowest BCUT2D eigenvalue weighted by Crippen LogP contribution is -2.26. The maximum atomic E-state index is 14.0. The van der Waals surface area contributed by atoms with Crippen LogP contribution in [0.2, 0.25) is 0 Å². The molecule has 0 aliphatic heterocycles. The fourth-order valence-electron chi connectivity index (χ4n) is 2.06. The van der Waals surface area contributed by atoms with Crippen LogP contribution in [0.4, 0.5) is 4.39 Å². The number of benzene rings is 1. The van der Waals surface area contributed by atoms with Crippen LogP contribution in [0, 0.1) is 23.1 Å². The zero-order valence-electron chi connectivity index (χ0n) is 12.6. The molecule has 0 saturated carbocycles. The number of Topliss-reactive ketones (excluding diaryl/α,β-unsaturated/α-hetero) is 1. The van der Waals surface area contributed by atoms with E-state index in [0.717, 1.165) is 12.8 Å². The predicted molar refractivity (Wildman–Crippen MR) is 85.9 cm³/mol. The maximum Gasteiger partial charge on any atom is 0.167 e. The van der Waals surface area contributed by atoms with Crippen molar-refractivity contribution >= 4 is 27.4 Å². The SMILES string of the molecule is CCCCC(=O)C(Cc1ccc(Br)cc1F)C(C#N)=NOC. The topological polar surface area (TPSA) is 62.5 Å². The Morgan fingerprint density at radius 1 is 1.55 bits per heavy atom. The lowest BCUT2D eigenvalue weighted by atomic mass is 9.88. The number of unbranched alkanes of at least 4 members (excludes halogenated alkanes) is 1. The van der Waals surface area contributed by atoms with Crippen LogP contribution in [0.3, 0.4) is 0 Å². The summed E-state index contributed by atoms with van der Waals surface area (Å²) in [7, 11) is 1.31. The van der Waals surface area contributed by atoms with Crippen LogP contribution in [-0.4, -0.2) is 18.6 Å². The summed E-state index contributed by atoms with van der Waals surface area (Å²) in [5.41, 5.74) is 0.350. The highest BCUT2D eigenvalue weighted by Crippen LogP contribution is 2.21. The molecule has 0 heterocycles. The van der Waals surface area contributed by atoms with E-state index in [1.807, 2.05) is 13.0 Å². The number of ketones is 1. The molecule has 0 spiro atoms. The molecule has 4 nitrogen and oxygen atoms in total. The van der Waals surface area contributed by atoms with Gasteiger partial charge in [-0.2, -0.15) is 5.26 Å². The molecule has 118 valence electrons. The molecular formula is C16H18BrFN2O2. The fraction of sp³-hybridized carbons (Fsp3) is 0.438. The summed E-state index contributed by atoms with van der Waals surface area (Å²) in [5, 5.41) is 12.8. The number of rotatable bonds is 8. The van der Waals surface area contributed by atoms with Gasteiger partial charge in [0.2, 0.25) is 0 Å². The molecule has 0 N–H and O–H groups in total. The van der Waals surface area contributed by atoms with Crippen molar-refractivity contribution in [2.24, 2.45) is 11.1 Å². The summed E-state index contributed by atoms with van der Waals surface area (Å²) in [6.45, 7) is 1.98. The van der Waals surface area contributed by atoms with Gasteiger partial charge in [0.25, 0.3) is 0 Å². The standard InChI is InChI=1S/C16H18BrFN2O2/c1-3-4-5-16(21)13(15(10-19)20-22-2)8-11-6-7-12(17)9-14(11)18/h6-7,9,13H,3-5,8H2,1-2H3. The van der Waals surface area contributed by atoms with Crippen molar-refractivity contribution in [3.63, 3.8) is 0 Å². The van der Waals surface area contributed by atoms with Crippen LogP contribution in [-0.2, 0) is 16.1 Å². The number of nitriles is 1. The van der Waals surface area contributed by atoms with Crippen LogP contribution < -0.4 is 0 Å². The molecule has 1 aromatic rings. The van der Waals surface area contributed by atoms with E-state index in [-0.39, 0.29) is 17.9 Å². The first kappa shape index (κ1) is 18.3. The molecule has 1 rings (SSSR count). The Balaban J connectivity index is 3.06. The Kier molecular flexibility index (Phi) is 7.75. The number of carbonyl (C=O) groups is 1. The third-order valence-corrected chi connectivity index (χ3v) is 3.73. The number of halogens is 2. The largest absolute Gasteiger partial charge is 0.398 e. The zero-order chi connectivity index (χ0) is 16.5. The van der Waals surface area contributed by atoms with Crippen LogP contribution >= 0.6 is 15.9 Å². The Morgan fingerprint density at radius 3 is 2.82 bits per heavy atom. The molecule has 22 heavy (non-hydrogen) atoms. The smallest absolute Gasteiger partial charge is 0.167 e. The molecule has 1 aromatic carbocycles. The minimum Gasteiger partial charge on any atom is -0.398 e. The highest BCUT2D eigenvalue weighted by molar-refractivity contribution is 9.10. The van der Waals surface area contributed by atoms with Crippen LogP contribution in [0.25, 0.3) is 0 Å². The number of carbonyl (C=O) groups excluding carboxylic acids is 1. The van der Waals surface area contributed by atoms with Crippen molar-refractivity contribution in [3.05, 3.63) is 34.1 Å². The van der Waals surface area contributed by atoms with Gasteiger partial charge in [0, 0.05) is 10.9 Å². The lowest BCUT2D eigenvalue weighted by molar-refractivity contribution is -0.121. The molecule has 0 aliphatic carbocycles. The summed E-state index contributed by atoms with van der Waals surface area (Å²) in [6.07, 6.45) is 2.03. The Labute approximate surface area is 138 Å². The predicted octanol–water partition coefficient (Wildman–Crippen LogP) is 4.03. The first-order valence-electron chi connectivity index (χ1n) is 7.01. The van der Waals surface area contributed by atoms with Gasteiger partial charge in [-0.3, -0.25) is 4.79 Å². The van der Waals surface area contributed by atoms with Crippen molar-refractivity contribution in [1.29, 1.82) is 5.26 Å². The first-order chi connectivity index (χ1) is 10.5. The van der Waals surface area contributed by atoms with Crippen molar-refractivity contribution < 1.29 is 14.0 Å². The second-order valence-corrected chi connectivity index (χ2v) is 5.75. The number of oxime groups is 1. The summed E-state index contributed by atoms with van der Waals surface area (Å²) >= 11 is 3.19. The molecule has 0 fully saturated rings. The van der Waals surface area contributed by atoms with E-state index < -0.39 is 11.7 Å². The first-order valence-corrected chi connectivity index (χ1v) is 7.80. The third kappa shape index (κ3) is 5.23. The summed E-state index contributed by atoms with van der Waals surface area (Å²) < 4.78 is 14.6. The summed E-state index contributed by atoms with van der Waals surface area (Å²) in [4.78, 5) is 17.0. The second kappa shape index (κ2) is 9.31. The monoisotopic (exact) mass is 368 g/mol. The minimum atomic E-state index is -0.785.